The van der Waals surface area contributed by atoms with Crippen molar-refractivity contribution in [3.05, 3.63) is 0 Å². The summed E-state index contributed by atoms with van der Waals surface area (Å²) >= 11 is 0. The first-order chi connectivity index (χ1) is 28.3. The number of hydrogen-bond acceptors (Lipinski definition) is 6. The maximum atomic E-state index is 3.86. The average Bonchev–Trinajstić information content (AvgIpc) is 3.73. The smallest absolute Gasteiger partial charge is 0.0456 e. The second-order valence-electron chi connectivity index (χ2n) is 24.6. The number of fused-ring (bicyclic) bond motifs is 9. The van der Waals surface area contributed by atoms with E-state index in [9.17, 15) is 0 Å². The number of nitrogens with zero attached hydrogens (tertiary/aromatic N) is 2. The molecule has 4 N–H and O–H groups in total. The monoisotopic (exact) mass is 799 g/mol. The average molecular weight is 799 g/mol. The lowest BCUT2D eigenvalue weighted by Gasteiger charge is -2.56. The van der Waals surface area contributed by atoms with Crippen molar-refractivity contribution in [3.8, 4) is 0 Å². The Labute approximate surface area is 356 Å². The Bertz CT molecular complexity index is 1320. The Morgan fingerprint density at radius 2 is 0.810 bits per heavy atom. The Hall–Kier alpha value is -0.240. The Morgan fingerprint density at radius 3 is 1.26 bits per heavy atom. The van der Waals surface area contributed by atoms with Gasteiger partial charge in [0.15, 0.2) is 0 Å². The van der Waals surface area contributed by atoms with Gasteiger partial charge in [0.05, 0.1) is 0 Å². The minimum absolute atomic E-state index is 0.772. The van der Waals surface area contributed by atoms with Crippen LogP contribution in [0.1, 0.15) is 157 Å². The first kappa shape index (κ1) is 40.5. The van der Waals surface area contributed by atoms with Crippen molar-refractivity contribution in [3.63, 3.8) is 0 Å². The van der Waals surface area contributed by atoms with Gasteiger partial charge in [-0.1, -0.05) is 67.2 Å². The van der Waals surface area contributed by atoms with Gasteiger partial charge in [-0.3, -0.25) is 9.80 Å². The summed E-state index contributed by atoms with van der Waals surface area (Å²) in [5, 5.41) is 15.2. The molecule has 0 spiro atoms. The normalized spacial score (nSPS) is 57.6. The van der Waals surface area contributed by atoms with Gasteiger partial charge in [-0.2, -0.15) is 0 Å². The molecule has 0 bridgehead atoms. The zero-order chi connectivity index (χ0) is 39.4. The van der Waals surface area contributed by atoms with Crippen LogP contribution in [0.4, 0.5) is 0 Å². The summed E-state index contributed by atoms with van der Waals surface area (Å²) < 4.78 is 0. The van der Waals surface area contributed by atoms with Crippen LogP contribution in [0.15, 0.2) is 0 Å². The third-order valence-corrected chi connectivity index (χ3v) is 22.0. The standard InChI is InChI=1S/C52H90N6/c1-29-21-31(3)51(33(5)47(29)35-15-17-41-37(23-35)25-53-27-55-41)57-43-13-9-7-11-39(43)49-45(57)19-20-46-50(49)40-12-8-10-14-44(40)58(46)52-32(4)22-30(2)48(34(52)6)36-16-18-42-38(24-36)26-54-28-56-42/h29-56H,7-28H2,1-6H3. The van der Waals surface area contributed by atoms with E-state index in [1.807, 2.05) is 0 Å². The van der Waals surface area contributed by atoms with Crippen LogP contribution in [0.3, 0.4) is 0 Å². The van der Waals surface area contributed by atoms with E-state index < -0.39 is 0 Å². The van der Waals surface area contributed by atoms with Gasteiger partial charge in [0.25, 0.3) is 0 Å². The number of hydrogen-bond donors (Lipinski definition) is 4. The quantitative estimate of drug-likeness (QED) is 0.228. The molecule has 24 unspecified atom stereocenters. The van der Waals surface area contributed by atoms with Gasteiger partial charge < -0.3 is 21.3 Å². The molecule has 4 aliphatic heterocycles. The van der Waals surface area contributed by atoms with Crippen LogP contribution in [0, 0.1) is 94.7 Å². The topological polar surface area (TPSA) is 54.6 Å². The number of rotatable bonds is 4. The molecule has 7 aliphatic carbocycles. The maximum Gasteiger partial charge on any atom is 0.0456 e. The molecule has 0 aromatic heterocycles. The zero-order valence-corrected chi connectivity index (χ0v) is 38.3. The van der Waals surface area contributed by atoms with Crippen LogP contribution < -0.4 is 21.3 Å². The lowest BCUT2D eigenvalue weighted by atomic mass is 9.57. The molecule has 11 aliphatic rings. The predicted molar refractivity (Wildman–Crippen MR) is 239 cm³/mol. The van der Waals surface area contributed by atoms with Gasteiger partial charge in [0.2, 0.25) is 0 Å². The fourth-order valence-electron chi connectivity index (χ4n) is 20.8. The van der Waals surface area contributed by atoms with E-state index >= 15 is 0 Å². The van der Waals surface area contributed by atoms with Crippen LogP contribution in [0.25, 0.3) is 0 Å². The molecule has 0 aromatic carbocycles. The predicted octanol–water partition coefficient (Wildman–Crippen LogP) is 8.96. The molecular weight excluding hydrogens is 709 g/mol. The molecule has 6 heteroatoms. The van der Waals surface area contributed by atoms with Crippen molar-refractivity contribution >= 4 is 0 Å². The van der Waals surface area contributed by atoms with Crippen molar-refractivity contribution in [2.24, 2.45) is 94.7 Å². The minimum atomic E-state index is 0.772. The van der Waals surface area contributed by atoms with E-state index in [1.54, 1.807) is 12.8 Å². The molecule has 6 nitrogen and oxygen atoms in total. The van der Waals surface area contributed by atoms with E-state index in [-0.39, 0.29) is 0 Å². The van der Waals surface area contributed by atoms with Crippen LogP contribution >= 0.6 is 0 Å². The van der Waals surface area contributed by atoms with E-state index in [2.05, 4.69) is 72.6 Å². The number of nitrogens with one attached hydrogen (secondary N) is 4. The van der Waals surface area contributed by atoms with Gasteiger partial charge in [0.1, 0.15) is 0 Å². The van der Waals surface area contributed by atoms with Crippen LogP contribution in [-0.2, 0) is 0 Å². The molecule has 24 atom stereocenters. The first-order valence-corrected chi connectivity index (χ1v) is 26.7. The van der Waals surface area contributed by atoms with Crippen LogP contribution in [-0.4, -0.2) is 84.6 Å². The fourth-order valence-corrected chi connectivity index (χ4v) is 20.8. The molecule has 58 heavy (non-hydrogen) atoms. The first-order valence-electron chi connectivity index (χ1n) is 26.7. The fraction of sp³-hybridized carbons (Fsp3) is 1.00. The Morgan fingerprint density at radius 1 is 0.379 bits per heavy atom. The van der Waals surface area contributed by atoms with Gasteiger partial charge >= 0.3 is 0 Å². The lowest BCUT2D eigenvalue weighted by Crippen LogP contribution is -2.60. The van der Waals surface area contributed by atoms with Crippen LogP contribution in [0.2, 0.25) is 0 Å². The van der Waals surface area contributed by atoms with Crippen molar-refractivity contribution in [2.75, 3.05) is 26.4 Å². The highest BCUT2D eigenvalue weighted by atomic mass is 15.3. The third kappa shape index (κ3) is 6.63. The van der Waals surface area contributed by atoms with Gasteiger partial charge in [-0.05, 0) is 185 Å². The van der Waals surface area contributed by atoms with Crippen molar-refractivity contribution in [1.82, 2.24) is 31.1 Å². The molecule has 328 valence electrons. The molecule has 7 saturated carbocycles. The molecule has 11 rings (SSSR count). The summed E-state index contributed by atoms with van der Waals surface area (Å²) in [7, 11) is 0. The second-order valence-corrected chi connectivity index (χ2v) is 24.6. The highest BCUT2D eigenvalue weighted by Crippen LogP contribution is 2.63. The molecular formula is C52H90N6. The van der Waals surface area contributed by atoms with Gasteiger partial charge in [-0.25, -0.2) is 0 Å². The highest BCUT2D eigenvalue weighted by Gasteiger charge is 2.65. The minimum Gasteiger partial charge on any atom is -0.304 e. The van der Waals surface area contributed by atoms with Crippen LogP contribution in [0.5, 0.6) is 0 Å². The van der Waals surface area contributed by atoms with Crippen molar-refractivity contribution in [2.45, 2.75) is 205 Å². The summed E-state index contributed by atoms with van der Waals surface area (Å²) in [4.78, 5) is 6.90. The van der Waals surface area contributed by atoms with Crippen molar-refractivity contribution in [1.29, 1.82) is 0 Å². The summed E-state index contributed by atoms with van der Waals surface area (Å²) in [5.74, 6) is 14.4. The third-order valence-electron chi connectivity index (χ3n) is 22.0. The van der Waals surface area contributed by atoms with E-state index in [4.69, 9.17) is 0 Å². The second kappa shape index (κ2) is 16.4. The molecule has 11 fully saturated rings. The number of likely N-dealkylation sites (tertiary alicyclic amines) is 2. The summed E-state index contributed by atoms with van der Waals surface area (Å²) in [6.07, 6.45) is 26.8. The van der Waals surface area contributed by atoms with E-state index in [1.165, 1.54) is 116 Å². The molecule has 4 heterocycles. The summed E-state index contributed by atoms with van der Waals surface area (Å²) in [5.41, 5.74) is 0. The summed E-state index contributed by atoms with van der Waals surface area (Å²) in [6.45, 7) is 21.0. The molecule has 0 aromatic rings. The maximum absolute atomic E-state index is 3.86. The van der Waals surface area contributed by atoms with Gasteiger partial charge in [0, 0.05) is 74.8 Å². The van der Waals surface area contributed by atoms with Crippen molar-refractivity contribution < 1.29 is 0 Å². The largest absolute Gasteiger partial charge is 0.304 e. The lowest BCUT2D eigenvalue weighted by molar-refractivity contribution is -0.0734. The Kier molecular flexibility index (Phi) is 11.5. The van der Waals surface area contributed by atoms with E-state index in [0.717, 1.165) is 156 Å². The Balaban J connectivity index is 0.883. The summed E-state index contributed by atoms with van der Waals surface area (Å²) in [6, 6.07) is 6.65. The van der Waals surface area contributed by atoms with E-state index in [0.29, 0.717) is 0 Å². The highest BCUT2D eigenvalue weighted by molar-refractivity contribution is 5.18. The SMILES string of the molecule is CC1CC(C)C(N2C3CCCCC3C3C4C5CCCCC5N(C5C(C)CC(C)C(C6CCC7NCNCC7C6)C5C)C4CCC32)C(C)C1C1CCC2NCNCC2C1. The van der Waals surface area contributed by atoms with Gasteiger partial charge in [-0.15, -0.1) is 0 Å². The zero-order valence-electron chi connectivity index (χ0n) is 38.3. The molecule has 0 radical (unpaired) electrons. The molecule has 0 amide bonds. The molecule has 4 saturated heterocycles.